The van der Waals surface area contributed by atoms with Gasteiger partial charge in [0.15, 0.2) is 0 Å². The molecule has 0 amide bonds. The number of nitrogens with one attached hydrogen (secondary N) is 1. The summed E-state index contributed by atoms with van der Waals surface area (Å²) in [6.07, 6.45) is 5.58. The van der Waals surface area contributed by atoms with E-state index in [2.05, 4.69) is 28.9 Å². The van der Waals surface area contributed by atoms with E-state index in [1.165, 1.54) is 57.6 Å². The maximum absolute atomic E-state index is 3.43. The zero-order chi connectivity index (χ0) is 10.5. The Labute approximate surface area is 98.2 Å². The van der Waals surface area contributed by atoms with E-state index in [0.29, 0.717) is 0 Å². The number of nitrogens with zero attached hydrogens (tertiary/aromatic N) is 1. The molecule has 88 valence electrons. The van der Waals surface area contributed by atoms with Gasteiger partial charge < -0.3 is 5.32 Å². The molecule has 1 unspecified atom stereocenters. The summed E-state index contributed by atoms with van der Waals surface area (Å²) in [6, 6.07) is 0.846. The molecule has 2 nitrogen and oxygen atoms in total. The van der Waals surface area contributed by atoms with Crippen LogP contribution >= 0.6 is 11.8 Å². The lowest BCUT2D eigenvalue weighted by Gasteiger charge is -2.25. The second-order valence-corrected chi connectivity index (χ2v) is 6.26. The number of thioether (sulfide) groups is 1. The molecule has 2 fully saturated rings. The van der Waals surface area contributed by atoms with E-state index >= 15 is 0 Å². The smallest absolute Gasteiger partial charge is 0.00753 e. The fraction of sp³-hybridized carbons (Fsp3) is 1.00. The van der Waals surface area contributed by atoms with Gasteiger partial charge in [0.1, 0.15) is 0 Å². The summed E-state index contributed by atoms with van der Waals surface area (Å²) < 4.78 is 0. The minimum atomic E-state index is 0.846. The van der Waals surface area contributed by atoms with Crippen molar-refractivity contribution in [2.45, 2.75) is 43.9 Å². The van der Waals surface area contributed by atoms with E-state index in [-0.39, 0.29) is 0 Å². The predicted molar refractivity (Wildman–Crippen MR) is 68.6 cm³/mol. The molecule has 0 bridgehead atoms. The van der Waals surface area contributed by atoms with Crippen molar-refractivity contribution in [1.82, 2.24) is 10.2 Å². The van der Waals surface area contributed by atoms with Gasteiger partial charge in [0.2, 0.25) is 0 Å². The Kier molecular flexibility index (Phi) is 4.79. The molecule has 3 heteroatoms. The van der Waals surface area contributed by atoms with Crippen LogP contribution in [0.4, 0.5) is 0 Å². The molecule has 0 aliphatic carbocycles. The van der Waals surface area contributed by atoms with E-state index < -0.39 is 0 Å². The third-order valence-corrected chi connectivity index (χ3v) is 5.07. The van der Waals surface area contributed by atoms with Crippen molar-refractivity contribution in [2.75, 3.05) is 31.9 Å². The quantitative estimate of drug-likeness (QED) is 0.792. The zero-order valence-electron chi connectivity index (χ0n) is 9.87. The van der Waals surface area contributed by atoms with Crippen LogP contribution in [-0.2, 0) is 0 Å². The Bertz CT molecular complexity index is 180. The van der Waals surface area contributed by atoms with Gasteiger partial charge >= 0.3 is 0 Å². The molecule has 0 radical (unpaired) electrons. The molecular formula is C12H24N2S. The Morgan fingerprint density at radius 3 is 2.73 bits per heavy atom. The Morgan fingerprint density at radius 1 is 1.27 bits per heavy atom. The molecule has 2 rings (SSSR count). The van der Waals surface area contributed by atoms with Crippen molar-refractivity contribution >= 4 is 11.8 Å². The predicted octanol–water partition coefficient (Wildman–Crippen LogP) is 1.96. The van der Waals surface area contributed by atoms with Gasteiger partial charge in [-0.3, -0.25) is 4.90 Å². The van der Waals surface area contributed by atoms with Crippen LogP contribution in [0.1, 0.15) is 32.6 Å². The van der Waals surface area contributed by atoms with E-state index in [4.69, 9.17) is 0 Å². The monoisotopic (exact) mass is 228 g/mol. The molecule has 2 saturated heterocycles. The third-order valence-electron chi connectivity index (χ3n) is 3.71. The van der Waals surface area contributed by atoms with Gasteiger partial charge in [-0.15, -0.1) is 0 Å². The third kappa shape index (κ3) is 3.65. The first-order chi connectivity index (χ1) is 7.36. The van der Waals surface area contributed by atoms with E-state index in [1.807, 2.05) is 0 Å². The highest BCUT2D eigenvalue weighted by Gasteiger charge is 2.20. The van der Waals surface area contributed by atoms with Gasteiger partial charge in [0, 0.05) is 23.6 Å². The van der Waals surface area contributed by atoms with Crippen LogP contribution in [0.5, 0.6) is 0 Å². The van der Waals surface area contributed by atoms with Gasteiger partial charge in [-0.2, -0.15) is 11.8 Å². The van der Waals surface area contributed by atoms with Gasteiger partial charge in [0.05, 0.1) is 0 Å². The standard InChI is InChI=1S/C12H24N2S/c1-11-3-2-8-14(11)9-10-15-12-4-6-13-7-5-12/h11-13H,2-10H2,1H3. The molecule has 0 aromatic rings. The summed E-state index contributed by atoms with van der Waals surface area (Å²) >= 11 is 2.20. The highest BCUT2D eigenvalue weighted by molar-refractivity contribution is 7.99. The molecule has 0 aromatic heterocycles. The minimum absolute atomic E-state index is 0.846. The van der Waals surface area contributed by atoms with Gasteiger partial charge in [-0.25, -0.2) is 0 Å². The lowest BCUT2D eigenvalue weighted by atomic mass is 10.2. The fourth-order valence-corrected chi connectivity index (χ4v) is 3.87. The Balaban J connectivity index is 1.57. The first kappa shape index (κ1) is 11.7. The lowest BCUT2D eigenvalue weighted by molar-refractivity contribution is 0.286. The summed E-state index contributed by atoms with van der Waals surface area (Å²) in [5, 5.41) is 4.36. The fourth-order valence-electron chi connectivity index (χ4n) is 2.62. The molecule has 15 heavy (non-hydrogen) atoms. The van der Waals surface area contributed by atoms with Crippen LogP contribution in [0.25, 0.3) is 0 Å². The van der Waals surface area contributed by atoms with Crippen LogP contribution in [0.2, 0.25) is 0 Å². The van der Waals surface area contributed by atoms with Crippen LogP contribution in [0, 0.1) is 0 Å². The van der Waals surface area contributed by atoms with Crippen LogP contribution in [-0.4, -0.2) is 48.1 Å². The van der Waals surface area contributed by atoms with Gasteiger partial charge in [0.25, 0.3) is 0 Å². The second kappa shape index (κ2) is 6.12. The van der Waals surface area contributed by atoms with E-state index in [1.54, 1.807) is 0 Å². The van der Waals surface area contributed by atoms with Crippen molar-refractivity contribution < 1.29 is 0 Å². The van der Waals surface area contributed by atoms with E-state index in [9.17, 15) is 0 Å². The second-order valence-electron chi connectivity index (χ2n) is 4.85. The van der Waals surface area contributed by atoms with Crippen molar-refractivity contribution in [3.63, 3.8) is 0 Å². The Morgan fingerprint density at radius 2 is 2.07 bits per heavy atom. The van der Waals surface area contributed by atoms with Gasteiger partial charge in [-0.05, 0) is 52.2 Å². The largest absolute Gasteiger partial charge is 0.317 e. The van der Waals surface area contributed by atoms with E-state index in [0.717, 1.165) is 11.3 Å². The van der Waals surface area contributed by atoms with Crippen molar-refractivity contribution in [2.24, 2.45) is 0 Å². The molecule has 2 aliphatic rings. The van der Waals surface area contributed by atoms with Crippen LogP contribution in [0.15, 0.2) is 0 Å². The highest BCUT2D eigenvalue weighted by Crippen LogP contribution is 2.22. The Hall–Kier alpha value is 0.270. The summed E-state index contributed by atoms with van der Waals surface area (Å²) in [5.74, 6) is 1.34. The van der Waals surface area contributed by atoms with Crippen molar-refractivity contribution in [3.05, 3.63) is 0 Å². The maximum Gasteiger partial charge on any atom is 0.00753 e. The summed E-state index contributed by atoms with van der Waals surface area (Å²) in [5.41, 5.74) is 0. The number of likely N-dealkylation sites (tertiary alicyclic amines) is 1. The number of piperidine rings is 1. The van der Waals surface area contributed by atoms with Crippen molar-refractivity contribution in [1.29, 1.82) is 0 Å². The number of hydrogen-bond donors (Lipinski definition) is 1. The summed E-state index contributed by atoms with van der Waals surface area (Å²) in [4.78, 5) is 2.66. The molecular weight excluding hydrogens is 204 g/mol. The molecule has 0 saturated carbocycles. The molecule has 1 atom stereocenters. The van der Waals surface area contributed by atoms with Crippen LogP contribution in [0.3, 0.4) is 0 Å². The molecule has 0 aromatic carbocycles. The SMILES string of the molecule is CC1CCCN1CCSC1CCNCC1. The van der Waals surface area contributed by atoms with Gasteiger partial charge in [-0.1, -0.05) is 0 Å². The highest BCUT2D eigenvalue weighted by atomic mass is 32.2. The topological polar surface area (TPSA) is 15.3 Å². The maximum atomic E-state index is 3.43. The molecule has 2 heterocycles. The average Bonchev–Trinajstić information content (AvgIpc) is 2.66. The first-order valence-corrected chi connectivity index (χ1v) is 7.47. The number of hydrogen-bond acceptors (Lipinski definition) is 3. The molecule has 2 aliphatic heterocycles. The summed E-state index contributed by atoms with van der Waals surface area (Å²) in [6.45, 7) is 7.50. The first-order valence-electron chi connectivity index (χ1n) is 6.42. The number of rotatable bonds is 4. The zero-order valence-corrected chi connectivity index (χ0v) is 10.7. The van der Waals surface area contributed by atoms with Crippen LogP contribution < -0.4 is 5.32 Å². The molecule has 1 N–H and O–H groups in total. The summed E-state index contributed by atoms with van der Waals surface area (Å²) in [7, 11) is 0. The minimum Gasteiger partial charge on any atom is -0.317 e. The lowest BCUT2D eigenvalue weighted by Crippen LogP contribution is -2.32. The van der Waals surface area contributed by atoms with Crippen molar-refractivity contribution in [3.8, 4) is 0 Å². The normalized spacial score (nSPS) is 29.8. The molecule has 0 spiro atoms. The average molecular weight is 228 g/mol.